The van der Waals surface area contributed by atoms with Crippen LogP contribution in [0.5, 0.6) is 0 Å². The maximum atomic E-state index is 9.88. The second kappa shape index (κ2) is 5.31. The molecule has 0 spiro atoms. The smallest absolute Gasteiger partial charge is 0.0771 e. The van der Waals surface area contributed by atoms with E-state index in [0.717, 1.165) is 31.8 Å². The van der Waals surface area contributed by atoms with Crippen molar-refractivity contribution in [2.24, 2.45) is 5.92 Å². The van der Waals surface area contributed by atoms with Crippen molar-refractivity contribution in [3.05, 3.63) is 0 Å². The van der Waals surface area contributed by atoms with E-state index in [9.17, 15) is 5.11 Å². The third kappa shape index (κ3) is 3.46. The van der Waals surface area contributed by atoms with Crippen LogP contribution in [0.25, 0.3) is 0 Å². The van der Waals surface area contributed by atoms with Gasteiger partial charge in [-0.25, -0.2) is 0 Å². The summed E-state index contributed by atoms with van der Waals surface area (Å²) in [5.74, 6) is 0.960. The summed E-state index contributed by atoms with van der Waals surface area (Å²) in [6, 6.07) is 0. The van der Waals surface area contributed by atoms with Gasteiger partial charge in [0.2, 0.25) is 0 Å². The summed E-state index contributed by atoms with van der Waals surface area (Å²) in [5, 5.41) is 13.3. The van der Waals surface area contributed by atoms with Crippen LogP contribution in [0.3, 0.4) is 0 Å². The maximum Gasteiger partial charge on any atom is 0.0771 e. The SMILES string of the molecule is OC1(CNCCC2CCCCC2)CCC1. The van der Waals surface area contributed by atoms with Crippen molar-refractivity contribution in [1.82, 2.24) is 5.32 Å². The molecular formula is C13H25NO. The largest absolute Gasteiger partial charge is 0.389 e. The molecule has 2 N–H and O–H groups in total. The molecule has 0 atom stereocenters. The van der Waals surface area contributed by atoms with Crippen LogP contribution in [-0.4, -0.2) is 23.8 Å². The van der Waals surface area contributed by atoms with E-state index in [0.29, 0.717) is 0 Å². The Labute approximate surface area is 93.5 Å². The Morgan fingerprint density at radius 3 is 2.40 bits per heavy atom. The van der Waals surface area contributed by atoms with Gasteiger partial charge in [0.25, 0.3) is 0 Å². The molecule has 2 aliphatic carbocycles. The fraction of sp³-hybridized carbons (Fsp3) is 1.00. The molecule has 2 rings (SSSR count). The number of hydrogen-bond donors (Lipinski definition) is 2. The van der Waals surface area contributed by atoms with Gasteiger partial charge in [0, 0.05) is 6.54 Å². The molecule has 0 bridgehead atoms. The van der Waals surface area contributed by atoms with Gasteiger partial charge in [0.05, 0.1) is 5.60 Å². The number of nitrogens with one attached hydrogen (secondary N) is 1. The third-order valence-corrected chi connectivity index (χ3v) is 4.19. The lowest BCUT2D eigenvalue weighted by Gasteiger charge is -2.37. The average Bonchev–Trinajstić information content (AvgIpc) is 2.23. The van der Waals surface area contributed by atoms with Gasteiger partial charge in [-0.1, -0.05) is 32.1 Å². The first-order chi connectivity index (χ1) is 7.29. The van der Waals surface area contributed by atoms with Crippen LogP contribution in [0.1, 0.15) is 57.8 Å². The minimum absolute atomic E-state index is 0.341. The van der Waals surface area contributed by atoms with Gasteiger partial charge in [-0.05, 0) is 38.1 Å². The summed E-state index contributed by atoms with van der Waals surface area (Å²) in [7, 11) is 0. The summed E-state index contributed by atoms with van der Waals surface area (Å²) in [4.78, 5) is 0. The molecule has 2 heteroatoms. The van der Waals surface area contributed by atoms with Crippen molar-refractivity contribution in [2.75, 3.05) is 13.1 Å². The Kier molecular flexibility index (Phi) is 4.04. The molecule has 2 saturated carbocycles. The van der Waals surface area contributed by atoms with Crippen molar-refractivity contribution in [3.8, 4) is 0 Å². The fourth-order valence-corrected chi connectivity index (χ4v) is 2.86. The highest BCUT2D eigenvalue weighted by Crippen LogP contribution is 2.30. The van der Waals surface area contributed by atoms with E-state index in [1.54, 1.807) is 0 Å². The molecule has 0 aromatic rings. The molecule has 2 aliphatic rings. The van der Waals surface area contributed by atoms with Gasteiger partial charge in [0.15, 0.2) is 0 Å². The zero-order chi connectivity index (χ0) is 10.6. The second-order valence-electron chi connectivity index (χ2n) is 5.55. The summed E-state index contributed by atoms with van der Waals surface area (Å²) in [6.45, 7) is 1.92. The lowest BCUT2D eigenvalue weighted by atomic mass is 9.80. The van der Waals surface area contributed by atoms with Crippen molar-refractivity contribution in [3.63, 3.8) is 0 Å². The Morgan fingerprint density at radius 1 is 1.07 bits per heavy atom. The van der Waals surface area contributed by atoms with Gasteiger partial charge in [-0.15, -0.1) is 0 Å². The highest BCUT2D eigenvalue weighted by atomic mass is 16.3. The predicted molar refractivity (Wildman–Crippen MR) is 62.9 cm³/mol. The Bertz CT molecular complexity index is 183. The summed E-state index contributed by atoms with van der Waals surface area (Å²) in [5.41, 5.74) is -0.341. The summed E-state index contributed by atoms with van der Waals surface area (Å²) < 4.78 is 0. The van der Waals surface area contributed by atoms with Gasteiger partial charge < -0.3 is 10.4 Å². The van der Waals surface area contributed by atoms with E-state index in [1.165, 1.54) is 44.9 Å². The monoisotopic (exact) mass is 211 g/mol. The molecular weight excluding hydrogens is 186 g/mol. The third-order valence-electron chi connectivity index (χ3n) is 4.19. The van der Waals surface area contributed by atoms with E-state index < -0.39 is 0 Å². The highest BCUT2D eigenvalue weighted by molar-refractivity contribution is 4.89. The van der Waals surface area contributed by atoms with E-state index in [2.05, 4.69) is 5.32 Å². The number of rotatable bonds is 5. The van der Waals surface area contributed by atoms with Crippen LogP contribution >= 0.6 is 0 Å². The van der Waals surface area contributed by atoms with Crippen LogP contribution < -0.4 is 5.32 Å². The first-order valence-electron chi connectivity index (χ1n) is 6.72. The van der Waals surface area contributed by atoms with Crippen molar-refractivity contribution >= 4 is 0 Å². The van der Waals surface area contributed by atoms with Crippen LogP contribution in [0.4, 0.5) is 0 Å². The van der Waals surface area contributed by atoms with E-state index in [4.69, 9.17) is 0 Å². The molecule has 0 amide bonds. The van der Waals surface area contributed by atoms with E-state index in [-0.39, 0.29) is 5.60 Å². The van der Waals surface area contributed by atoms with Crippen molar-refractivity contribution < 1.29 is 5.11 Å². The zero-order valence-corrected chi connectivity index (χ0v) is 9.80. The van der Waals surface area contributed by atoms with Gasteiger partial charge in [0.1, 0.15) is 0 Å². The van der Waals surface area contributed by atoms with E-state index in [1.807, 2.05) is 0 Å². The molecule has 88 valence electrons. The van der Waals surface area contributed by atoms with Crippen molar-refractivity contribution in [1.29, 1.82) is 0 Å². The van der Waals surface area contributed by atoms with Crippen LogP contribution in [0.15, 0.2) is 0 Å². The fourth-order valence-electron chi connectivity index (χ4n) is 2.86. The van der Waals surface area contributed by atoms with E-state index >= 15 is 0 Å². The Hall–Kier alpha value is -0.0800. The second-order valence-corrected chi connectivity index (χ2v) is 5.55. The summed E-state index contributed by atoms with van der Waals surface area (Å²) >= 11 is 0. The maximum absolute atomic E-state index is 9.88. The number of hydrogen-bond acceptors (Lipinski definition) is 2. The molecule has 0 aliphatic heterocycles. The molecule has 0 aromatic carbocycles. The minimum Gasteiger partial charge on any atom is -0.389 e. The molecule has 2 nitrogen and oxygen atoms in total. The number of aliphatic hydroxyl groups is 1. The molecule has 2 fully saturated rings. The quantitative estimate of drug-likeness (QED) is 0.685. The normalized spacial score (nSPS) is 26.2. The molecule has 15 heavy (non-hydrogen) atoms. The average molecular weight is 211 g/mol. The highest BCUT2D eigenvalue weighted by Gasteiger charge is 2.33. The van der Waals surface area contributed by atoms with Gasteiger partial charge in [-0.2, -0.15) is 0 Å². The first-order valence-corrected chi connectivity index (χ1v) is 6.72. The lowest BCUT2D eigenvalue weighted by Crippen LogP contribution is -2.46. The molecule has 0 saturated heterocycles. The Morgan fingerprint density at radius 2 is 1.80 bits per heavy atom. The Balaban J connectivity index is 1.50. The molecule has 0 radical (unpaired) electrons. The summed E-state index contributed by atoms with van der Waals surface area (Å²) in [6.07, 6.45) is 11.7. The van der Waals surface area contributed by atoms with Crippen LogP contribution in [0.2, 0.25) is 0 Å². The molecule has 0 unspecified atom stereocenters. The lowest BCUT2D eigenvalue weighted by molar-refractivity contribution is -0.0313. The van der Waals surface area contributed by atoms with Crippen molar-refractivity contribution in [2.45, 2.75) is 63.4 Å². The topological polar surface area (TPSA) is 32.3 Å². The van der Waals surface area contributed by atoms with Gasteiger partial charge >= 0.3 is 0 Å². The predicted octanol–water partition coefficient (Wildman–Crippen LogP) is 2.46. The molecule has 0 heterocycles. The molecule has 0 aromatic heterocycles. The minimum atomic E-state index is -0.341. The standard InChI is InChI=1S/C13H25NO/c15-13(8-4-9-13)11-14-10-7-12-5-2-1-3-6-12/h12,14-15H,1-11H2. The van der Waals surface area contributed by atoms with Crippen LogP contribution in [0, 0.1) is 5.92 Å². The van der Waals surface area contributed by atoms with Crippen LogP contribution in [-0.2, 0) is 0 Å². The first kappa shape index (κ1) is 11.4. The van der Waals surface area contributed by atoms with Gasteiger partial charge in [-0.3, -0.25) is 0 Å². The zero-order valence-electron chi connectivity index (χ0n) is 9.80.